The molecular weight excluding hydrogens is 383 g/mol. The van der Waals surface area contributed by atoms with Crippen LogP contribution in [0.1, 0.15) is 17.0 Å². The van der Waals surface area contributed by atoms with E-state index in [0.29, 0.717) is 21.9 Å². The molecule has 6 nitrogen and oxygen atoms in total. The van der Waals surface area contributed by atoms with Crippen molar-refractivity contribution in [3.05, 3.63) is 64.7 Å². The van der Waals surface area contributed by atoms with Crippen molar-refractivity contribution in [2.45, 2.75) is 26.2 Å². The van der Waals surface area contributed by atoms with Gasteiger partial charge >= 0.3 is 6.18 Å². The van der Waals surface area contributed by atoms with Crippen molar-refractivity contribution in [1.29, 1.82) is 0 Å². The maximum atomic E-state index is 13.0. The number of nitrogens with one attached hydrogen (secondary N) is 1. The summed E-state index contributed by atoms with van der Waals surface area (Å²) >= 11 is 5.82. The highest BCUT2D eigenvalue weighted by Gasteiger charge is 2.35. The predicted octanol–water partition coefficient (Wildman–Crippen LogP) is 3.75. The number of carbonyl (C=O) groups is 1. The number of aromatic nitrogens is 4. The number of nitrogens with zero attached hydrogens (tertiary/aromatic N) is 4. The van der Waals surface area contributed by atoms with E-state index in [1.54, 1.807) is 29.1 Å². The molecule has 1 amide bonds. The van der Waals surface area contributed by atoms with Crippen LogP contribution in [0.4, 0.5) is 18.9 Å². The standard InChI is InChI=1S/C17H15ClF3N5O/c1-11-5-15(17(19,20)21)26(24-11)10-16(27)23-14-4-2-3-12(6-14)8-25-9-13(18)7-22-25/h2-7,9H,8,10H2,1H3,(H,23,27). The second kappa shape index (κ2) is 7.43. The minimum Gasteiger partial charge on any atom is -0.324 e. The van der Waals surface area contributed by atoms with Gasteiger partial charge in [0.1, 0.15) is 12.2 Å². The Morgan fingerprint density at radius 2 is 2.07 bits per heavy atom. The second-order valence-corrected chi connectivity index (χ2v) is 6.37. The summed E-state index contributed by atoms with van der Waals surface area (Å²) in [7, 11) is 0. The molecule has 0 aliphatic carbocycles. The SMILES string of the molecule is Cc1cc(C(F)(F)F)n(CC(=O)Nc2cccc(Cn3cc(Cl)cn3)c2)n1. The van der Waals surface area contributed by atoms with Gasteiger partial charge < -0.3 is 5.32 Å². The average Bonchev–Trinajstić information content (AvgIpc) is 3.12. The van der Waals surface area contributed by atoms with E-state index < -0.39 is 24.3 Å². The summed E-state index contributed by atoms with van der Waals surface area (Å²) in [6.07, 6.45) is -1.41. The third-order valence-electron chi connectivity index (χ3n) is 3.64. The summed E-state index contributed by atoms with van der Waals surface area (Å²) in [5.74, 6) is -0.608. The zero-order valence-electron chi connectivity index (χ0n) is 14.2. The fourth-order valence-electron chi connectivity index (χ4n) is 2.59. The van der Waals surface area contributed by atoms with Crippen LogP contribution in [0.3, 0.4) is 0 Å². The number of benzene rings is 1. The van der Waals surface area contributed by atoms with Gasteiger partial charge in [-0.15, -0.1) is 0 Å². The van der Waals surface area contributed by atoms with Crippen LogP contribution in [0.2, 0.25) is 5.02 Å². The fraction of sp³-hybridized carbons (Fsp3) is 0.235. The highest BCUT2D eigenvalue weighted by Crippen LogP contribution is 2.29. The molecule has 1 N–H and O–H groups in total. The normalized spacial score (nSPS) is 11.6. The van der Waals surface area contributed by atoms with Gasteiger partial charge in [0.05, 0.1) is 23.5 Å². The number of alkyl halides is 3. The molecule has 0 bridgehead atoms. The van der Waals surface area contributed by atoms with Crippen LogP contribution >= 0.6 is 11.6 Å². The van der Waals surface area contributed by atoms with Gasteiger partial charge in [-0.1, -0.05) is 23.7 Å². The van der Waals surface area contributed by atoms with Crippen LogP contribution in [0.15, 0.2) is 42.7 Å². The number of halogens is 4. The molecule has 0 fully saturated rings. The first-order valence-corrected chi connectivity index (χ1v) is 8.27. The predicted molar refractivity (Wildman–Crippen MR) is 93.4 cm³/mol. The fourth-order valence-corrected chi connectivity index (χ4v) is 2.75. The van der Waals surface area contributed by atoms with E-state index in [1.165, 1.54) is 13.1 Å². The van der Waals surface area contributed by atoms with E-state index >= 15 is 0 Å². The van der Waals surface area contributed by atoms with E-state index in [4.69, 9.17) is 11.6 Å². The third kappa shape index (κ3) is 4.88. The van der Waals surface area contributed by atoms with E-state index in [1.807, 2.05) is 6.07 Å². The molecule has 0 aliphatic rings. The molecule has 0 saturated heterocycles. The lowest BCUT2D eigenvalue weighted by atomic mass is 10.2. The Hall–Kier alpha value is -2.81. The van der Waals surface area contributed by atoms with Gasteiger partial charge in [-0.3, -0.25) is 14.2 Å². The average molecular weight is 398 g/mol. The first-order valence-electron chi connectivity index (χ1n) is 7.89. The lowest BCUT2D eigenvalue weighted by Gasteiger charge is -2.11. The van der Waals surface area contributed by atoms with Crippen LogP contribution in [-0.4, -0.2) is 25.5 Å². The Kier molecular flexibility index (Phi) is 5.22. The van der Waals surface area contributed by atoms with Crippen LogP contribution in [-0.2, 0) is 24.1 Å². The quantitative estimate of drug-likeness (QED) is 0.713. The summed E-state index contributed by atoms with van der Waals surface area (Å²) in [4.78, 5) is 12.2. The number of amides is 1. The molecule has 3 aromatic rings. The summed E-state index contributed by atoms with van der Waals surface area (Å²) in [5, 5.41) is 10.9. The van der Waals surface area contributed by atoms with Crippen LogP contribution in [0.25, 0.3) is 0 Å². The molecular formula is C17H15ClF3N5O. The van der Waals surface area contributed by atoms with Gasteiger partial charge in [0, 0.05) is 11.9 Å². The Morgan fingerprint density at radius 3 is 2.74 bits per heavy atom. The largest absolute Gasteiger partial charge is 0.433 e. The molecule has 3 rings (SSSR count). The minimum atomic E-state index is -4.58. The molecule has 0 atom stereocenters. The number of hydrogen-bond donors (Lipinski definition) is 1. The van der Waals surface area contributed by atoms with Crippen molar-refractivity contribution >= 4 is 23.2 Å². The van der Waals surface area contributed by atoms with Gasteiger partial charge in [0.25, 0.3) is 0 Å². The van der Waals surface area contributed by atoms with Crippen LogP contribution in [0.5, 0.6) is 0 Å². The Bertz CT molecular complexity index is 964. The van der Waals surface area contributed by atoms with E-state index in [-0.39, 0.29) is 5.69 Å². The molecule has 0 unspecified atom stereocenters. The van der Waals surface area contributed by atoms with Gasteiger partial charge in [-0.25, -0.2) is 0 Å². The highest BCUT2D eigenvalue weighted by atomic mass is 35.5. The second-order valence-electron chi connectivity index (χ2n) is 5.93. The number of hydrogen-bond acceptors (Lipinski definition) is 3. The van der Waals surface area contributed by atoms with Gasteiger partial charge in [0.2, 0.25) is 5.91 Å². The van der Waals surface area contributed by atoms with Crippen molar-refractivity contribution in [3.63, 3.8) is 0 Å². The third-order valence-corrected chi connectivity index (χ3v) is 3.84. The molecule has 2 aromatic heterocycles. The minimum absolute atomic E-state index is 0.190. The maximum Gasteiger partial charge on any atom is 0.433 e. The topological polar surface area (TPSA) is 64.7 Å². The zero-order chi connectivity index (χ0) is 19.6. The molecule has 2 heterocycles. The van der Waals surface area contributed by atoms with Crippen molar-refractivity contribution in [3.8, 4) is 0 Å². The molecule has 0 saturated carbocycles. The van der Waals surface area contributed by atoms with Crippen LogP contribution < -0.4 is 5.32 Å². The summed E-state index contributed by atoms with van der Waals surface area (Å²) in [6, 6.07) is 7.84. The Labute approximate surface area is 157 Å². The number of carbonyl (C=O) groups excluding carboxylic acids is 1. The first kappa shape index (κ1) is 19.0. The lowest BCUT2D eigenvalue weighted by Crippen LogP contribution is -2.23. The van der Waals surface area contributed by atoms with Gasteiger partial charge in [-0.05, 0) is 30.7 Å². The van der Waals surface area contributed by atoms with Gasteiger partial charge in [-0.2, -0.15) is 23.4 Å². The summed E-state index contributed by atoms with van der Waals surface area (Å²) in [6.45, 7) is 1.34. The Morgan fingerprint density at radius 1 is 1.30 bits per heavy atom. The number of aryl methyl sites for hydroxylation is 1. The van der Waals surface area contributed by atoms with E-state index in [2.05, 4.69) is 15.5 Å². The lowest BCUT2D eigenvalue weighted by molar-refractivity contribution is -0.144. The molecule has 142 valence electrons. The first-order chi connectivity index (χ1) is 12.7. The molecule has 27 heavy (non-hydrogen) atoms. The molecule has 0 radical (unpaired) electrons. The monoisotopic (exact) mass is 397 g/mol. The molecule has 1 aromatic carbocycles. The maximum absolute atomic E-state index is 13.0. The molecule has 0 aliphatic heterocycles. The summed E-state index contributed by atoms with van der Waals surface area (Å²) < 4.78 is 41.3. The smallest absolute Gasteiger partial charge is 0.324 e. The Balaban J connectivity index is 1.69. The van der Waals surface area contributed by atoms with Crippen molar-refractivity contribution in [1.82, 2.24) is 19.6 Å². The highest BCUT2D eigenvalue weighted by molar-refractivity contribution is 6.30. The van der Waals surface area contributed by atoms with E-state index in [0.717, 1.165) is 11.6 Å². The summed E-state index contributed by atoms with van der Waals surface area (Å²) in [5.41, 5.74) is 0.543. The number of anilines is 1. The zero-order valence-corrected chi connectivity index (χ0v) is 14.9. The van der Waals surface area contributed by atoms with Crippen molar-refractivity contribution in [2.24, 2.45) is 0 Å². The van der Waals surface area contributed by atoms with Crippen molar-refractivity contribution < 1.29 is 18.0 Å². The molecule has 10 heteroatoms. The molecule has 0 spiro atoms. The van der Waals surface area contributed by atoms with Crippen LogP contribution in [0, 0.1) is 6.92 Å². The van der Waals surface area contributed by atoms with Gasteiger partial charge in [0.15, 0.2) is 0 Å². The number of rotatable bonds is 5. The van der Waals surface area contributed by atoms with E-state index in [9.17, 15) is 18.0 Å². The van der Waals surface area contributed by atoms with Crippen molar-refractivity contribution in [2.75, 3.05) is 5.32 Å².